The molecule has 0 aromatic carbocycles. The lowest BCUT2D eigenvalue weighted by atomic mass is 9.42. The zero-order valence-electron chi connectivity index (χ0n) is 23.5. The average molecular weight is 547 g/mol. The van der Waals surface area contributed by atoms with Crippen molar-refractivity contribution in [1.82, 2.24) is 0 Å². The number of carbonyl (C=O) groups excluding carboxylic acids is 2. The summed E-state index contributed by atoms with van der Waals surface area (Å²) in [6.45, 7) is 4.70. The summed E-state index contributed by atoms with van der Waals surface area (Å²) < 4.78 is 11.1. The fraction of sp³-hybridized carbons (Fsp3) is 0.839. The van der Waals surface area contributed by atoms with Crippen molar-refractivity contribution >= 4 is 17.9 Å². The molecule has 5 aliphatic rings. The molecule has 0 aromatic heterocycles. The summed E-state index contributed by atoms with van der Waals surface area (Å²) in [5.74, 6) is -0.855. The zero-order valence-corrected chi connectivity index (χ0v) is 23.5. The van der Waals surface area contributed by atoms with E-state index in [2.05, 4.69) is 13.8 Å². The number of unbranched alkanes of at least 4 members (excludes halogenated alkanes) is 3. The molecule has 4 fully saturated rings. The van der Waals surface area contributed by atoms with Gasteiger partial charge in [0.05, 0.1) is 11.7 Å². The van der Waals surface area contributed by atoms with E-state index in [4.69, 9.17) is 14.6 Å². The van der Waals surface area contributed by atoms with E-state index in [0.29, 0.717) is 38.2 Å². The second-order valence-corrected chi connectivity index (χ2v) is 13.6. The molecule has 39 heavy (non-hydrogen) atoms. The summed E-state index contributed by atoms with van der Waals surface area (Å²) in [5, 5.41) is 32.8. The number of aliphatic carboxylic acids is 1. The Hall–Kier alpha value is -1.93. The Morgan fingerprint density at radius 1 is 1.05 bits per heavy atom. The van der Waals surface area contributed by atoms with Crippen LogP contribution in [0, 0.1) is 34.5 Å². The highest BCUT2D eigenvalue weighted by molar-refractivity contribution is 5.85. The number of fused-ring (bicyclic) bond motifs is 5. The van der Waals surface area contributed by atoms with Gasteiger partial charge >= 0.3 is 17.9 Å². The first-order valence-corrected chi connectivity index (χ1v) is 15.2. The molecule has 5 rings (SSSR count). The molecule has 1 aliphatic heterocycles. The van der Waals surface area contributed by atoms with Crippen LogP contribution in [0.1, 0.15) is 104 Å². The van der Waals surface area contributed by atoms with Gasteiger partial charge in [-0.3, -0.25) is 9.59 Å². The zero-order chi connectivity index (χ0) is 28.0. The number of esters is 2. The molecule has 0 amide bonds. The third-order valence-corrected chi connectivity index (χ3v) is 11.7. The summed E-state index contributed by atoms with van der Waals surface area (Å²) >= 11 is 0. The maximum Gasteiger partial charge on any atom is 0.331 e. The minimum Gasteiger partial charge on any atom is -0.481 e. The first kappa shape index (κ1) is 28.6. The van der Waals surface area contributed by atoms with Crippen LogP contribution < -0.4 is 0 Å². The van der Waals surface area contributed by atoms with Crippen LogP contribution in [-0.4, -0.2) is 57.6 Å². The predicted octanol–water partition coefficient (Wildman–Crippen LogP) is 4.55. The Kier molecular flexibility index (Phi) is 7.92. The van der Waals surface area contributed by atoms with Crippen LogP contribution in [-0.2, 0) is 23.9 Å². The summed E-state index contributed by atoms with van der Waals surface area (Å²) in [7, 11) is 0. The summed E-state index contributed by atoms with van der Waals surface area (Å²) in [6.07, 6.45) is 10.8. The van der Waals surface area contributed by atoms with E-state index < -0.39 is 23.1 Å². The van der Waals surface area contributed by atoms with Gasteiger partial charge in [0, 0.05) is 24.3 Å². The van der Waals surface area contributed by atoms with Gasteiger partial charge in [0.15, 0.2) is 0 Å². The van der Waals surface area contributed by atoms with Crippen molar-refractivity contribution in [3.05, 3.63) is 11.6 Å². The monoisotopic (exact) mass is 546 g/mol. The summed E-state index contributed by atoms with van der Waals surface area (Å²) in [4.78, 5) is 34.9. The number of hydrogen-bond acceptors (Lipinski definition) is 7. The molecule has 0 radical (unpaired) electrons. The first-order chi connectivity index (χ1) is 18.5. The van der Waals surface area contributed by atoms with Crippen LogP contribution in [0.15, 0.2) is 11.6 Å². The van der Waals surface area contributed by atoms with E-state index in [1.54, 1.807) is 6.08 Å². The number of rotatable bonds is 9. The summed E-state index contributed by atoms with van der Waals surface area (Å²) in [6, 6.07) is 0. The number of aliphatic hydroxyl groups excluding tert-OH is 1. The molecule has 0 spiro atoms. The van der Waals surface area contributed by atoms with Crippen molar-refractivity contribution in [2.24, 2.45) is 34.5 Å². The van der Waals surface area contributed by atoms with E-state index in [1.807, 2.05) is 0 Å². The minimum absolute atomic E-state index is 0.00553. The Labute approximate surface area is 231 Å². The highest BCUT2D eigenvalue weighted by Crippen LogP contribution is 2.70. The van der Waals surface area contributed by atoms with Crippen molar-refractivity contribution in [3.8, 4) is 0 Å². The van der Waals surface area contributed by atoms with Crippen molar-refractivity contribution in [2.45, 2.75) is 122 Å². The van der Waals surface area contributed by atoms with Gasteiger partial charge in [0.1, 0.15) is 12.7 Å². The number of carboxylic acid groups (broad SMARTS) is 1. The molecule has 0 aromatic rings. The van der Waals surface area contributed by atoms with Gasteiger partial charge in [0.2, 0.25) is 0 Å². The number of carbonyl (C=O) groups is 3. The van der Waals surface area contributed by atoms with Crippen molar-refractivity contribution < 1.29 is 39.2 Å². The molecule has 0 saturated heterocycles. The Bertz CT molecular complexity index is 1010. The van der Waals surface area contributed by atoms with Gasteiger partial charge in [-0.05, 0) is 98.9 Å². The van der Waals surface area contributed by atoms with Gasteiger partial charge in [-0.15, -0.1) is 0 Å². The van der Waals surface area contributed by atoms with Crippen molar-refractivity contribution in [2.75, 3.05) is 6.61 Å². The average Bonchev–Trinajstić information content (AvgIpc) is 3.41. The van der Waals surface area contributed by atoms with Gasteiger partial charge in [-0.2, -0.15) is 0 Å². The second-order valence-electron chi connectivity index (χ2n) is 13.6. The fourth-order valence-corrected chi connectivity index (χ4v) is 9.73. The topological polar surface area (TPSA) is 130 Å². The minimum atomic E-state index is -0.879. The third-order valence-electron chi connectivity index (χ3n) is 11.7. The van der Waals surface area contributed by atoms with Gasteiger partial charge < -0.3 is 24.8 Å². The molecule has 1 heterocycles. The molecule has 0 unspecified atom stereocenters. The molecule has 8 heteroatoms. The lowest BCUT2D eigenvalue weighted by Gasteiger charge is -2.65. The van der Waals surface area contributed by atoms with E-state index >= 15 is 0 Å². The van der Waals surface area contributed by atoms with Crippen molar-refractivity contribution in [3.63, 3.8) is 0 Å². The molecular weight excluding hydrogens is 500 g/mol. The number of cyclic esters (lactones) is 1. The van der Waals surface area contributed by atoms with E-state index in [1.165, 1.54) is 0 Å². The van der Waals surface area contributed by atoms with Crippen LogP contribution in [0.3, 0.4) is 0 Å². The molecule has 0 bridgehead atoms. The van der Waals surface area contributed by atoms with E-state index in [9.17, 15) is 24.6 Å². The first-order valence-electron chi connectivity index (χ1n) is 15.2. The van der Waals surface area contributed by atoms with Crippen LogP contribution in [0.4, 0.5) is 0 Å². The van der Waals surface area contributed by atoms with Crippen LogP contribution in [0.25, 0.3) is 0 Å². The standard InChI is InChI=1S/C31H46O8/c1-29-13-11-21(39-26(35)8-6-4-3-5-7-25(33)34)16-20(29)9-10-23-28(29)24(32)17-30(2)22(12-14-31(23,30)37)19-15-27(36)38-18-19/h15,20-24,28,32,37H,3-14,16-18H2,1-2H3,(H,33,34)/t20-,21+,22-,23-,24-,28-,29+,30-,31+/m1/s1. The Morgan fingerprint density at radius 3 is 2.49 bits per heavy atom. The Balaban J connectivity index is 1.20. The van der Waals surface area contributed by atoms with Gasteiger partial charge in [-0.1, -0.05) is 26.7 Å². The second kappa shape index (κ2) is 10.8. The van der Waals surface area contributed by atoms with Crippen LogP contribution >= 0.6 is 0 Å². The fourth-order valence-electron chi connectivity index (χ4n) is 9.73. The maximum atomic E-state index is 12.5. The number of hydrogen-bond donors (Lipinski definition) is 3. The molecule has 3 N–H and O–H groups in total. The highest BCUT2D eigenvalue weighted by atomic mass is 16.5. The number of carboxylic acids is 1. The van der Waals surface area contributed by atoms with Crippen LogP contribution in [0.2, 0.25) is 0 Å². The molecule has 9 atom stereocenters. The predicted molar refractivity (Wildman–Crippen MR) is 142 cm³/mol. The number of aliphatic hydroxyl groups is 2. The third kappa shape index (κ3) is 5.05. The van der Waals surface area contributed by atoms with Gasteiger partial charge in [0.25, 0.3) is 0 Å². The maximum absolute atomic E-state index is 12.5. The summed E-state index contributed by atoms with van der Waals surface area (Å²) in [5.41, 5.74) is -0.519. The molecule has 4 saturated carbocycles. The normalized spacial score (nSPS) is 43.1. The Morgan fingerprint density at radius 2 is 1.79 bits per heavy atom. The molecule has 4 aliphatic carbocycles. The molecule has 218 valence electrons. The van der Waals surface area contributed by atoms with Gasteiger partial charge in [-0.25, -0.2) is 4.79 Å². The van der Waals surface area contributed by atoms with Crippen molar-refractivity contribution in [1.29, 1.82) is 0 Å². The van der Waals surface area contributed by atoms with Crippen LogP contribution in [0.5, 0.6) is 0 Å². The SMILES string of the molecule is C[C@]12CC[C@H](OC(=O)CCCCCCC(=O)O)C[C@H]1CC[C@@H]1[C@@H]2[C@H](O)C[C@]2(C)[C@@H](C3=CC(=O)OC3)CC[C@]12O. The quantitative estimate of drug-likeness (QED) is 0.284. The highest BCUT2D eigenvalue weighted by Gasteiger charge is 2.70. The lowest BCUT2D eigenvalue weighted by molar-refractivity contribution is -0.243. The molecule has 8 nitrogen and oxygen atoms in total. The van der Waals surface area contributed by atoms with E-state index in [-0.39, 0.29) is 47.6 Å². The number of ether oxygens (including phenoxy) is 2. The lowest BCUT2D eigenvalue weighted by Crippen LogP contribution is -2.66. The smallest absolute Gasteiger partial charge is 0.331 e. The van der Waals surface area contributed by atoms with E-state index in [0.717, 1.165) is 63.4 Å². The molecular formula is C31H46O8. The largest absolute Gasteiger partial charge is 0.481 e.